The highest BCUT2D eigenvalue weighted by Gasteiger charge is 2.18. The molecule has 6 N–H and O–H groups in total. The number of aryl methyl sites for hydroxylation is 1. The van der Waals surface area contributed by atoms with Gasteiger partial charge in [0.05, 0.1) is 12.5 Å². The molecule has 2 aromatic rings. The molecule has 2 aromatic carbocycles. The minimum atomic E-state index is -1.03. The molecule has 0 spiro atoms. The summed E-state index contributed by atoms with van der Waals surface area (Å²) < 4.78 is 0. The number of carboxylic acid groups (broad SMARTS) is 1. The number of anilines is 1. The minimum Gasteiger partial charge on any atom is -0.481 e. The number of amides is 2. The van der Waals surface area contributed by atoms with Crippen LogP contribution in [0.4, 0.5) is 5.69 Å². The molecular formula is C21H24N4O4. The summed E-state index contributed by atoms with van der Waals surface area (Å²) in [4.78, 5) is 35.4. The second kappa shape index (κ2) is 10.0. The van der Waals surface area contributed by atoms with Gasteiger partial charge in [-0.1, -0.05) is 30.3 Å². The summed E-state index contributed by atoms with van der Waals surface area (Å²) in [7, 11) is 0. The number of carbonyl (C=O) groups is 3. The largest absolute Gasteiger partial charge is 0.481 e. The SMILES string of the molecule is Cc1cc(NC(=O)CCC(=O)NC(CC(=O)O)c2ccccc2)ccc1C(=N)N. The van der Waals surface area contributed by atoms with Crippen LogP contribution in [0.5, 0.6) is 0 Å². The van der Waals surface area contributed by atoms with Crippen LogP contribution in [-0.2, 0) is 14.4 Å². The number of hydrogen-bond acceptors (Lipinski definition) is 4. The number of hydrogen-bond donors (Lipinski definition) is 5. The van der Waals surface area contributed by atoms with Crippen LogP contribution in [0.25, 0.3) is 0 Å². The minimum absolute atomic E-state index is 0.0477. The molecule has 0 aliphatic carbocycles. The number of nitrogens with two attached hydrogens (primary N) is 1. The van der Waals surface area contributed by atoms with Gasteiger partial charge in [0.15, 0.2) is 0 Å². The Bertz CT molecular complexity index is 912. The Hall–Kier alpha value is -3.68. The van der Waals surface area contributed by atoms with Crippen molar-refractivity contribution in [1.82, 2.24) is 5.32 Å². The maximum absolute atomic E-state index is 12.2. The molecule has 0 aliphatic rings. The van der Waals surface area contributed by atoms with E-state index in [1.165, 1.54) is 0 Å². The molecule has 0 bridgehead atoms. The van der Waals surface area contributed by atoms with Crippen LogP contribution in [-0.4, -0.2) is 28.7 Å². The summed E-state index contributed by atoms with van der Waals surface area (Å²) in [5, 5.41) is 21.9. The first kappa shape index (κ1) is 21.6. The normalized spacial score (nSPS) is 11.3. The molecule has 0 radical (unpaired) electrons. The van der Waals surface area contributed by atoms with E-state index in [2.05, 4.69) is 10.6 Å². The first-order valence-corrected chi connectivity index (χ1v) is 9.07. The average Bonchev–Trinajstić information content (AvgIpc) is 2.66. The molecule has 2 amide bonds. The lowest BCUT2D eigenvalue weighted by Gasteiger charge is -2.17. The van der Waals surface area contributed by atoms with E-state index in [9.17, 15) is 14.4 Å². The van der Waals surface area contributed by atoms with Crippen LogP contribution in [0.2, 0.25) is 0 Å². The van der Waals surface area contributed by atoms with E-state index in [0.29, 0.717) is 16.8 Å². The Labute approximate surface area is 168 Å². The molecule has 29 heavy (non-hydrogen) atoms. The maximum atomic E-state index is 12.2. The van der Waals surface area contributed by atoms with Crippen molar-refractivity contribution in [3.8, 4) is 0 Å². The lowest BCUT2D eigenvalue weighted by Crippen LogP contribution is -2.30. The van der Waals surface area contributed by atoms with E-state index in [0.717, 1.165) is 5.56 Å². The molecule has 2 rings (SSSR count). The number of amidine groups is 1. The van der Waals surface area contributed by atoms with Gasteiger partial charge in [0.25, 0.3) is 0 Å². The van der Waals surface area contributed by atoms with Gasteiger partial charge in [0.2, 0.25) is 11.8 Å². The number of rotatable bonds is 9. The third kappa shape index (κ3) is 6.76. The molecule has 0 fully saturated rings. The lowest BCUT2D eigenvalue weighted by atomic mass is 10.0. The highest BCUT2D eigenvalue weighted by Crippen LogP contribution is 2.17. The van der Waals surface area contributed by atoms with Crippen molar-refractivity contribution < 1.29 is 19.5 Å². The second-order valence-corrected chi connectivity index (χ2v) is 6.62. The Morgan fingerprint density at radius 3 is 2.31 bits per heavy atom. The monoisotopic (exact) mass is 396 g/mol. The summed E-state index contributed by atoms with van der Waals surface area (Å²) >= 11 is 0. The van der Waals surface area contributed by atoms with Crippen molar-refractivity contribution >= 4 is 29.3 Å². The Balaban J connectivity index is 1.90. The summed E-state index contributed by atoms with van der Waals surface area (Å²) in [6, 6.07) is 13.2. The lowest BCUT2D eigenvalue weighted by molar-refractivity contribution is -0.138. The second-order valence-electron chi connectivity index (χ2n) is 6.62. The van der Waals surface area contributed by atoms with Gasteiger partial charge in [-0.25, -0.2) is 0 Å². The topological polar surface area (TPSA) is 145 Å². The summed E-state index contributed by atoms with van der Waals surface area (Å²) in [6.07, 6.45) is -0.364. The number of nitrogen functional groups attached to an aromatic ring is 1. The fourth-order valence-electron chi connectivity index (χ4n) is 2.87. The van der Waals surface area contributed by atoms with Crippen molar-refractivity contribution in [1.29, 1.82) is 5.41 Å². The Morgan fingerprint density at radius 1 is 1.07 bits per heavy atom. The fourth-order valence-corrected chi connectivity index (χ4v) is 2.87. The highest BCUT2D eigenvalue weighted by molar-refractivity contribution is 5.98. The van der Waals surface area contributed by atoms with E-state index in [1.54, 1.807) is 55.5 Å². The van der Waals surface area contributed by atoms with Crippen LogP contribution < -0.4 is 16.4 Å². The molecule has 8 nitrogen and oxygen atoms in total. The van der Waals surface area contributed by atoms with Crippen LogP contribution in [0.1, 0.15) is 42.0 Å². The highest BCUT2D eigenvalue weighted by atomic mass is 16.4. The third-order valence-electron chi connectivity index (χ3n) is 4.30. The number of carboxylic acids is 1. The first-order chi connectivity index (χ1) is 13.8. The molecule has 0 aromatic heterocycles. The zero-order chi connectivity index (χ0) is 21.4. The van der Waals surface area contributed by atoms with Gasteiger partial charge in [-0.3, -0.25) is 19.8 Å². The fraction of sp³-hybridized carbons (Fsp3) is 0.238. The van der Waals surface area contributed by atoms with Gasteiger partial charge in [-0.05, 0) is 36.2 Å². The standard InChI is InChI=1S/C21H24N4O4/c1-13-11-15(7-8-16(13)21(22)23)24-18(26)9-10-19(27)25-17(12-20(28)29)14-5-3-2-4-6-14/h2-8,11,17H,9-10,12H2,1H3,(H3,22,23)(H,24,26)(H,25,27)(H,28,29). The first-order valence-electron chi connectivity index (χ1n) is 9.07. The maximum Gasteiger partial charge on any atom is 0.305 e. The average molecular weight is 396 g/mol. The van der Waals surface area contributed by atoms with Crippen LogP contribution in [0.3, 0.4) is 0 Å². The number of carbonyl (C=O) groups excluding carboxylic acids is 2. The zero-order valence-electron chi connectivity index (χ0n) is 16.1. The van der Waals surface area contributed by atoms with Gasteiger partial charge in [-0.2, -0.15) is 0 Å². The van der Waals surface area contributed by atoms with Crippen molar-refractivity contribution in [3.63, 3.8) is 0 Å². The van der Waals surface area contributed by atoms with Gasteiger partial charge < -0.3 is 21.5 Å². The molecule has 0 aliphatic heterocycles. The Kier molecular flexibility index (Phi) is 7.47. The van der Waals surface area contributed by atoms with E-state index < -0.39 is 17.9 Å². The molecular weight excluding hydrogens is 372 g/mol. The zero-order valence-corrected chi connectivity index (χ0v) is 16.1. The molecule has 152 valence electrons. The number of aliphatic carboxylic acids is 1. The third-order valence-corrected chi connectivity index (χ3v) is 4.30. The quantitative estimate of drug-likeness (QED) is 0.326. The van der Waals surface area contributed by atoms with E-state index >= 15 is 0 Å². The van der Waals surface area contributed by atoms with Crippen molar-refractivity contribution in [2.24, 2.45) is 5.73 Å². The molecule has 0 saturated carbocycles. The van der Waals surface area contributed by atoms with Crippen molar-refractivity contribution in [2.75, 3.05) is 5.32 Å². The van der Waals surface area contributed by atoms with Crippen molar-refractivity contribution in [2.45, 2.75) is 32.2 Å². The van der Waals surface area contributed by atoms with Gasteiger partial charge in [-0.15, -0.1) is 0 Å². The summed E-state index contributed by atoms with van der Waals surface area (Å²) in [5.41, 5.74) is 8.06. The van der Waals surface area contributed by atoms with Gasteiger partial charge in [0, 0.05) is 24.1 Å². The van der Waals surface area contributed by atoms with Crippen LogP contribution in [0, 0.1) is 12.3 Å². The molecule has 1 atom stereocenters. The molecule has 8 heteroatoms. The van der Waals surface area contributed by atoms with Crippen molar-refractivity contribution in [3.05, 3.63) is 65.2 Å². The number of nitrogens with one attached hydrogen (secondary N) is 3. The predicted octanol–water partition coefficient (Wildman–Crippen LogP) is 2.33. The predicted molar refractivity (Wildman–Crippen MR) is 110 cm³/mol. The van der Waals surface area contributed by atoms with E-state index in [-0.39, 0.29) is 31.0 Å². The van der Waals surface area contributed by atoms with Crippen LogP contribution >= 0.6 is 0 Å². The van der Waals surface area contributed by atoms with Gasteiger partial charge in [0.1, 0.15) is 5.84 Å². The Morgan fingerprint density at radius 2 is 1.72 bits per heavy atom. The molecule has 0 heterocycles. The smallest absolute Gasteiger partial charge is 0.305 e. The van der Waals surface area contributed by atoms with Gasteiger partial charge >= 0.3 is 5.97 Å². The van der Waals surface area contributed by atoms with Crippen LogP contribution in [0.15, 0.2) is 48.5 Å². The summed E-state index contributed by atoms with van der Waals surface area (Å²) in [5.74, 6) is -1.82. The molecule has 1 unspecified atom stereocenters. The summed E-state index contributed by atoms with van der Waals surface area (Å²) in [6.45, 7) is 1.78. The van der Waals surface area contributed by atoms with E-state index in [1.807, 2.05) is 0 Å². The molecule has 0 saturated heterocycles. The van der Waals surface area contributed by atoms with E-state index in [4.69, 9.17) is 16.2 Å². The number of benzene rings is 2.